The van der Waals surface area contributed by atoms with Crippen LogP contribution in [0.2, 0.25) is 0 Å². The summed E-state index contributed by atoms with van der Waals surface area (Å²) in [5, 5.41) is 0. The molecule has 40 valence electrons. The van der Waals surface area contributed by atoms with Gasteiger partial charge in [-0.25, -0.2) is 0 Å². The molecule has 0 aromatic rings. The van der Waals surface area contributed by atoms with Gasteiger partial charge < -0.3 is 5.48 Å². The van der Waals surface area contributed by atoms with Crippen LogP contribution in [0.4, 0.5) is 0 Å². The quantitative estimate of drug-likeness (QED) is 0.316. The molecule has 0 atom stereocenters. The van der Waals surface area contributed by atoms with E-state index in [9.17, 15) is 0 Å². The Bertz CT molecular complexity index is 23.0. The molecule has 0 radical (unpaired) electrons. The van der Waals surface area contributed by atoms with Crippen LogP contribution in [0, 0.1) is 0 Å². The third-order valence-electron chi connectivity index (χ3n) is 0. The molecule has 0 fully saturated rings. The van der Waals surface area contributed by atoms with Crippen LogP contribution in [-0.4, -0.2) is 5.48 Å². The third kappa shape index (κ3) is 25.6. The van der Waals surface area contributed by atoms with Crippen LogP contribution in [-0.2, 0) is 1.60 Å². The first-order valence-electron chi connectivity index (χ1n) is 0.756. The van der Waals surface area contributed by atoms with Crippen LogP contribution >= 0.6 is 76.8 Å². The molecule has 0 amide bonds. The van der Waals surface area contributed by atoms with Gasteiger partial charge in [0.1, 0.15) is 0 Å². The second-order valence-electron chi connectivity index (χ2n) is 0.429. The summed E-state index contributed by atoms with van der Waals surface area (Å²) in [6, 6.07) is 0. The Morgan fingerprint density at radius 2 is 0.833 bits per heavy atom. The van der Waals surface area contributed by atoms with E-state index in [1.54, 1.807) is 0 Å². The first-order chi connectivity index (χ1) is 2.00. The van der Waals surface area contributed by atoms with E-state index >= 15 is 0 Å². The topological polar surface area (TPSA) is 31.5 Å². The number of halogens is 4. The molecule has 0 aromatic heterocycles. The average molecular weight is 573 g/mol. The Morgan fingerprint density at radius 1 is 0.833 bits per heavy atom. The monoisotopic (exact) mass is 574 g/mol. The summed E-state index contributed by atoms with van der Waals surface area (Å²) < 4.78 is -1.12. The zero-order valence-corrected chi connectivity index (χ0v) is 12.7. The molecule has 0 saturated carbocycles. The Labute approximate surface area is 81.2 Å². The molecule has 1 nitrogen and oxygen atoms in total. The van der Waals surface area contributed by atoms with E-state index in [0.29, 0.717) is 0 Å². The number of hydrogen-bond acceptors (Lipinski definition) is 0. The number of hydrogen-bond donors (Lipinski definition) is 0. The minimum atomic E-state index is -1.12. The minimum absolute atomic E-state index is 0. The van der Waals surface area contributed by atoms with Crippen LogP contribution < -0.4 is 0 Å². The molecule has 0 rings (SSSR count). The van der Waals surface area contributed by atoms with Crippen molar-refractivity contribution in [2.45, 2.75) is 0 Å². The zero-order valence-electron chi connectivity index (χ0n) is 2.51. The fraction of sp³-hybridized carbons (Fsp3) is 0. The second kappa shape index (κ2) is 5.38. The van der Waals surface area contributed by atoms with E-state index in [1.165, 1.54) is 0 Å². The van der Waals surface area contributed by atoms with Gasteiger partial charge in [0.2, 0.25) is 0 Å². The van der Waals surface area contributed by atoms with E-state index in [-0.39, 0.29) is 5.48 Å². The number of rotatable bonds is 0. The van der Waals surface area contributed by atoms with Gasteiger partial charge in [0, 0.05) is 0 Å². The SMILES string of the molecule is O.[I][Ti]([I])([I])[I]. The van der Waals surface area contributed by atoms with Crippen molar-refractivity contribution in [3.8, 4) is 0 Å². The molecule has 0 bridgehead atoms. The Kier molecular flexibility index (Phi) is 11.0. The molecule has 0 aliphatic rings. The molecule has 0 unspecified atom stereocenters. The Balaban J connectivity index is 0. The predicted molar refractivity (Wildman–Crippen MR) is 59.7 cm³/mol. The van der Waals surface area contributed by atoms with Crippen LogP contribution in [0.1, 0.15) is 0 Å². The Morgan fingerprint density at radius 3 is 0.833 bits per heavy atom. The van der Waals surface area contributed by atoms with Gasteiger partial charge in [-0.1, -0.05) is 0 Å². The normalized spacial score (nSPS) is 10.0. The summed E-state index contributed by atoms with van der Waals surface area (Å²) in [5.41, 5.74) is 0. The van der Waals surface area contributed by atoms with E-state index in [0.717, 1.165) is 0 Å². The van der Waals surface area contributed by atoms with Crippen molar-refractivity contribution < 1.29 is 7.07 Å². The van der Waals surface area contributed by atoms with Crippen molar-refractivity contribution in [2.75, 3.05) is 0 Å². The molecule has 0 aliphatic carbocycles. The van der Waals surface area contributed by atoms with Crippen molar-refractivity contribution in [1.82, 2.24) is 0 Å². The van der Waals surface area contributed by atoms with Crippen molar-refractivity contribution in [3.63, 3.8) is 0 Å². The standard InChI is InChI=1S/4HI.H2O.Ti/h4*1H;1H2;/q;;;;;+4/p-4. The molecular weight excluding hydrogens is 571 g/mol. The fourth-order valence-corrected chi connectivity index (χ4v) is 0. The molecule has 6 heavy (non-hydrogen) atoms. The van der Waals surface area contributed by atoms with Crippen molar-refractivity contribution in [1.29, 1.82) is 0 Å². The van der Waals surface area contributed by atoms with Gasteiger partial charge in [-0.3, -0.25) is 0 Å². The summed E-state index contributed by atoms with van der Waals surface area (Å²) in [5.74, 6) is 0. The van der Waals surface area contributed by atoms with Gasteiger partial charge in [0.15, 0.2) is 0 Å². The summed E-state index contributed by atoms with van der Waals surface area (Å²) in [6.45, 7) is 0. The van der Waals surface area contributed by atoms with E-state index in [2.05, 4.69) is 76.8 Å². The molecule has 0 aliphatic heterocycles. The fourth-order valence-electron chi connectivity index (χ4n) is 0. The van der Waals surface area contributed by atoms with Gasteiger partial charge in [-0.2, -0.15) is 0 Å². The van der Waals surface area contributed by atoms with Crippen molar-refractivity contribution in [2.24, 2.45) is 0 Å². The maximum atomic E-state index is 2.53. The molecule has 0 heterocycles. The summed E-state index contributed by atoms with van der Waals surface area (Å²) in [4.78, 5) is 0. The Hall–Kier alpha value is 3.59. The van der Waals surface area contributed by atoms with E-state index < -0.39 is 1.60 Å². The molecule has 0 saturated heterocycles. The molecule has 2 N–H and O–H groups in total. The predicted octanol–water partition coefficient (Wildman–Crippen LogP) is 2.72. The maximum absolute atomic E-state index is 2.53. The third-order valence-corrected chi connectivity index (χ3v) is 0. The molecule has 0 spiro atoms. The van der Waals surface area contributed by atoms with E-state index in [1.807, 2.05) is 0 Å². The summed E-state index contributed by atoms with van der Waals surface area (Å²) in [6.07, 6.45) is 0. The molecule has 6 heteroatoms. The van der Waals surface area contributed by atoms with Crippen LogP contribution in [0.5, 0.6) is 0 Å². The van der Waals surface area contributed by atoms with Gasteiger partial charge in [0.25, 0.3) is 0 Å². The van der Waals surface area contributed by atoms with Gasteiger partial charge in [-0.05, 0) is 0 Å². The first kappa shape index (κ1) is 12.3. The van der Waals surface area contributed by atoms with Gasteiger partial charge in [0.05, 0.1) is 0 Å². The van der Waals surface area contributed by atoms with Crippen molar-refractivity contribution >= 4 is 76.8 Å². The van der Waals surface area contributed by atoms with Crippen molar-refractivity contribution in [3.05, 3.63) is 0 Å². The van der Waals surface area contributed by atoms with Crippen LogP contribution in [0.25, 0.3) is 0 Å². The molecular formula is H2I4OTi. The molecule has 0 aromatic carbocycles. The average Bonchev–Trinajstić information content (AvgIpc) is 0.722. The summed E-state index contributed by atoms with van der Waals surface area (Å²) >= 11 is 10.1. The summed E-state index contributed by atoms with van der Waals surface area (Å²) in [7, 11) is 0. The van der Waals surface area contributed by atoms with Gasteiger partial charge >= 0.3 is 78.4 Å². The zero-order chi connectivity index (χ0) is 4.50. The van der Waals surface area contributed by atoms with Crippen LogP contribution in [0.15, 0.2) is 0 Å². The first-order valence-corrected chi connectivity index (χ1v) is 20.9. The second-order valence-corrected chi connectivity index (χ2v) is 79.5. The van der Waals surface area contributed by atoms with E-state index in [4.69, 9.17) is 0 Å². The van der Waals surface area contributed by atoms with Crippen LogP contribution in [0.3, 0.4) is 0 Å². The van der Waals surface area contributed by atoms with Gasteiger partial charge in [-0.15, -0.1) is 0 Å².